The van der Waals surface area contributed by atoms with E-state index in [1.807, 2.05) is 6.92 Å². The van der Waals surface area contributed by atoms with Crippen LogP contribution in [0.15, 0.2) is 24.3 Å². The molecule has 1 aliphatic heterocycles. The first kappa shape index (κ1) is 16.5. The first-order valence-electron chi connectivity index (χ1n) is 7.82. The summed E-state index contributed by atoms with van der Waals surface area (Å²) in [6.45, 7) is 3.71. The smallest absolute Gasteiger partial charge is 0.274 e. The Labute approximate surface area is 145 Å². The van der Waals surface area contributed by atoms with Crippen LogP contribution in [0.25, 0.3) is 0 Å². The highest BCUT2D eigenvalue weighted by molar-refractivity contribution is 6.31. The summed E-state index contributed by atoms with van der Waals surface area (Å²) in [5, 5.41) is 3.32. The van der Waals surface area contributed by atoms with E-state index in [9.17, 15) is 4.79 Å². The van der Waals surface area contributed by atoms with Gasteiger partial charge in [-0.05, 0) is 44.0 Å². The topological polar surface area (TPSA) is 67.3 Å². The molecule has 1 aliphatic rings. The van der Waals surface area contributed by atoms with Crippen LogP contribution in [0.3, 0.4) is 0 Å². The lowest BCUT2D eigenvalue weighted by Crippen LogP contribution is -2.23. The van der Waals surface area contributed by atoms with Gasteiger partial charge in [0.25, 0.3) is 5.91 Å². The molecule has 1 saturated heterocycles. The SMILES string of the molecule is COc1ccc(Cl)cc1NC(=O)c1cc(C)nc(N2CCCC2)n1. The Balaban J connectivity index is 1.86. The van der Waals surface area contributed by atoms with E-state index in [1.54, 1.807) is 31.4 Å². The van der Waals surface area contributed by atoms with Crippen LogP contribution in [-0.4, -0.2) is 36.1 Å². The monoisotopic (exact) mass is 346 g/mol. The van der Waals surface area contributed by atoms with Crippen molar-refractivity contribution in [3.05, 3.63) is 40.7 Å². The molecule has 0 saturated carbocycles. The fourth-order valence-electron chi connectivity index (χ4n) is 2.69. The average molecular weight is 347 g/mol. The fourth-order valence-corrected chi connectivity index (χ4v) is 2.86. The maximum atomic E-state index is 12.6. The summed E-state index contributed by atoms with van der Waals surface area (Å²) in [5.74, 6) is 0.829. The molecule has 1 aromatic carbocycles. The number of benzene rings is 1. The highest BCUT2D eigenvalue weighted by Crippen LogP contribution is 2.28. The van der Waals surface area contributed by atoms with Crippen LogP contribution in [0, 0.1) is 6.92 Å². The lowest BCUT2D eigenvalue weighted by Gasteiger charge is -2.16. The third kappa shape index (κ3) is 3.59. The van der Waals surface area contributed by atoms with E-state index in [4.69, 9.17) is 16.3 Å². The zero-order valence-electron chi connectivity index (χ0n) is 13.7. The number of anilines is 2. The molecule has 0 radical (unpaired) electrons. The molecule has 3 rings (SSSR count). The van der Waals surface area contributed by atoms with Crippen molar-refractivity contribution in [1.82, 2.24) is 9.97 Å². The second kappa shape index (κ2) is 7.05. The molecule has 1 aromatic heterocycles. The normalized spacial score (nSPS) is 13.9. The van der Waals surface area contributed by atoms with E-state index >= 15 is 0 Å². The lowest BCUT2D eigenvalue weighted by molar-refractivity contribution is 0.102. The van der Waals surface area contributed by atoms with E-state index < -0.39 is 0 Å². The molecule has 0 atom stereocenters. The first-order chi connectivity index (χ1) is 11.6. The zero-order valence-corrected chi connectivity index (χ0v) is 14.4. The number of nitrogens with one attached hydrogen (secondary N) is 1. The summed E-state index contributed by atoms with van der Waals surface area (Å²) in [7, 11) is 1.54. The maximum absolute atomic E-state index is 12.6. The summed E-state index contributed by atoms with van der Waals surface area (Å²) in [6, 6.07) is 6.73. The first-order valence-corrected chi connectivity index (χ1v) is 8.20. The van der Waals surface area contributed by atoms with Crippen molar-refractivity contribution in [3.8, 4) is 5.75 Å². The van der Waals surface area contributed by atoms with Gasteiger partial charge in [0.2, 0.25) is 5.95 Å². The van der Waals surface area contributed by atoms with Crippen molar-refractivity contribution in [1.29, 1.82) is 0 Å². The van der Waals surface area contributed by atoms with Crippen LogP contribution in [-0.2, 0) is 0 Å². The van der Waals surface area contributed by atoms with Gasteiger partial charge in [-0.1, -0.05) is 11.6 Å². The average Bonchev–Trinajstić information content (AvgIpc) is 3.09. The largest absolute Gasteiger partial charge is 0.495 e. The number of rotatable bonds is 4. The van der Waals surface area contributed by atoms with Crippen molar-refractivity contribution in [3.63, 3.8) is 0 Å². The van der Waals surface area contributed by atoms with Crippen molar-refractivity contribution < 1.29 is 9.53 Å². The maximum Gasteiger partial charge on any atom is 0.274 e. The van der Waals surface area contributed by atoms with Crippen molar-refractivity contribution >= 4 is 29.1 Å². The Hall–Kier alpha value is -2.34. The number of carbonyl (C=O) groups is 1. The number of halogens is 1. The Morgan fingerprint density at radius 1 is 1.25 bits per heavy atom. The van der Waals surface area contributed by atoms with Gasteiger partial charge in [0.15, 0.2) is 0 Å². The molecule has 0 bridgehead atoms. The Morgan fingerprint density at radius 3 is 2.71 bits per heavy atom. The summed E-state index contributed by atoms with van der Waals surface area (Å²) in [5.41, 5.74) is 1.59. The van der Waals surface area contributed by atoms with Gasteiger partial charge in [0, 0.05) is 23.8 Å². The number of nitrogens with zero attached hydrogens (tertiary/aromatic N) is 3. The van der Waals surface area contributed by atoms with Crippen LogP contribution in [0.1, 0.15) is 29.0 Å². The molecule has 0 aliphatic carbocycles. The molecule has 1 amide bonds. The molecule has 2 aromatic rings. The quantitative estimate of drug-likeness (QED) is 0.920. The highest BCUT2D eigenvalue weighted by atomic mass is 35.5. The standard InChI is InChI=1S/C17H19ClN4O2/c1-11-9-14(21-17(19-11)22-7-3-4-8-22)16(23)20-13-10-12(18)5-6-15(13)24-2/h5-6,9-10H,3-4,7-8H2,1-2H3,(H,20,23). The van der Waals surface area contributed by atoms with E-state index in [0.29, 0.717) is 28.1 Å². The predicted octanol–water partition coefficient (Wildman–Crippen LogP) is 3.30. The van der Waals surface area contributed by atoms with E-state index in [0.717, 1.165) is 31.6 Å². The summed E-state index contributed by atoms with van der Waals surface area (Å²) >= 11 is 6.00. The van der Waals surface area contributed by atoms with E-state index in [2.05, 4.69) is 20.2 Å². The fraction of sp³-hybridized carbons (Fsp3) is 0.353. The summed E-state index contributed by atoms with van der Waals surface area (Å²) in [6.07, 6.45) is 2.25. The van der Waals surface area contributed by atoms with Gasteiger partial charge in [0.1, 0.15) is 11.4 Å². The number of hydrogen-bond donors (Lipinski definition) is 1. The Kier molecular flexibility index (Phi) is 4.85. The van der Waals surface area contributed by atoms with Crippen LogP contribution in [0.4, 0.5) is 11.6 Å². The number of aromatic nitrogens is 2. The molecule has 0 unspecified atom stereocenters. The number of ether oxygens (including phenoxy) is 1. The second-order valence-corrected chi connectivity index (χ2v) is 6.12. The van der Waals surface area contributed by atoms with Crippen LogP contribution in [0.2, 0.25) is 5.02 Å². The minimum Gasteiger partial charge on any atom is -0.495 e. The molecular formula is C17H19ClN4O2. The molecule has 1 fully saturated rings. The number of carbonyl (C=O) groups excluding carboxylic acids is 1. The summed E-state index contributed by atoms with van der Waals surface area (Å²) in [4.78, 5) is 23.6. The van der Waals surface area contributed by atoms with E-state index in [1.165, 1.54) is 0 Å². The van der Waals surface area contributed by atoms with Crippen LogP contribution >= 0.6 is 11.6 Å². The second-order valence-electron chi connectivity index (χ2n) is 5.69. The molecule has 2 heterocycles. The van der Waals surface area contributed by atoms with Gasteiger partial charge >= 0.3 is 0 Å². The highest BCUT2D eigenvalue weighted by Gasteiger charge is 2.19. The van der Waals surface area contributed by atoms with Crippen molar-refractivity contribution in [2.75, 3.05) is 30.4 Å². The molecule has 1 N–H and O–H groups in total. The van der Waals surface area contributed by atoms with Gasteiger partial charge in [-0.15, -0.1) is 0 Å². The minimum atomic E-state index is -0.318. The Morgan fingerprint density at radius 2 is 2.00 bits per heavy atom. The summed E-state index contributed by atoms with van der Waals surface area (Å²) < 4.78 is 5.25. The molecular weight excluding hydrogens is 328 g/mol. The van der Waals surface area contributed by atoms with E-state index in [-0.39, 0.29) is 5.91 Å². The van der Waals surface area contributed by atoms with Crippen molar-refractivity contribution in [2.24, 2.45) is 0 Å². The van der Waals surface area contributed by atoms with Gasteiger partial charge < -0.3 is 15.0 Å². The van der Waals surface area contributed by atoms with Crippen LogP contribution in [0.5, 0.6) is 5.75 Å². The van der Waals surface area contributed by atoms with Crippen molar-refractivity contribution in [2.45, 2.75) is 19.8 Å². The number of aryl methyl sites for hydroxylation is 1. The Bertz CT molecular complexity index is 760. The van der Waals surface area contributed by atoms with Crippen LogP contribution < -0.4 is 15.0 Å². The molecule has 0 spiro atoms. The zero-order chi connectivity index (χ0) is 17.1. The van der Waals surface area contributed by atoms with Gasteiger partial charge in [-0.25, -0.2) is 9.97 Å². The molecule has 6 nitrogen and oxygen atoms in total. The number of methoxy groups -OCH3 is 1. The van der Waals surface area contributed by atoms with Gasteiger partial charge in [-0.2, -0.15) is 0 Å². The molecule has 24 heavy (non-hydrogen) atoms. The lowest BCUT2D eigenvalue weighted by atomic mass is 10.2. The predicted molar refractivity (Wildman–Crippen MR) is 94.2 cm³/mol. The number of hydrogen-bond acceptors (Lipinski definition) is 5. The van der Waals surface area contributed by atoms with Gasteiger partial charge in [0.05, 0.1) is 12.8 Å². The minimum absolute atomic E-state index is 0.318. The third-order valence-corrected chi connectivity index (χ3v) is 4.11. The number of amides is 1. The third-order valence-electron chi connectivity index (χ3n) is 3.87. The van der Waals surface area contributed by atoms with Gasteiger partial charge in [-0.3, -0.25) is 4.79 Å². The molecule has 7 heteroatoms. The molecule has 126 valence electrons.